The van der Waals surface area contributed by atoms with Crippen LogP contribution in [0, 0.1) is 10.8 Å². The molecule has 0 radical (unpaired) electrons. The molecule has 0 heterocycles. The molecular weight excluding hydrogens is 172 g/mol. The molecule has 0 aromatic heterocycles. The summed E-state index contributed by atoms with van der Waals surface area (Å²) in [6.45, 7) is 6.74. The maximum absolute atomic E-state index is 11.9. The number of carbonyl (C=O) groups is 1. The topological polar surface area (TPSA) is 17.1 Å². The van der Waals surface area contributed by atoms with E-state index in [1.807, 2.05) is 0 Å². The maximum Gasteiger partial charge on any atom is 0.159 e. The molecule has 0 aliphatic heterocycles. The Balaban J connectivity index is 2.40. The van der Waals surface area contributed by atoms with Crippen molar-refractivity contribution in [3.63, 3.8) is 0 Å². The average Bonchev–Trinajstić information content (AvgIpc) is 2.08. The molecule has 2 aliphatic carbocycles. The van der Waals surface area contributed by atoms with E-state index in [1.165, 1.54) is 19.3 Å². The van der Waals surface area contributed by atoms with E-state index in [-0.39, 0.29) is 10.8 Å². The summed E-state index contributed by atoms with van der Waals surface area (Å²) in [6, 6.07) is 0. The van der Waals surface area contributed by atoms with Crippen molar-refractivity contribution in [1.82, 2.24) is 0 Å². The minimum atomic E-state index is 0.213. The number of hydrogen-bond donors (Lipinski definition) is 0. The highest BCUT2D eigenvalue weighted by Crippen LogP contribution is 2.49. The smallest absolute Gasteiger partial charge is 0.159 e. The molecule has 0 saturated heterocycles. The van der Waals surface area contributed by atoms with Crippen LogP contribution in [0.2, 0.25) is 0 Å². The molecule has 78 valence electrons. The summed E-state index contributed by atoms with van der Waals surface area (Å²) >= 11 is 0. The highest BCUT2D eigenvalue weighted by atomic mass is 16.1. The quantitative estimate of drug-likeness (QED) is 0.574. The zero-order valence-corrected chi connectivity index (χ0v) is 9.52. The van der Waals surface area contributed by atoms with E-state index >= 15 is 0 Å². The van der Waals surface area contributed by atoms with Crippen LogP contribution in [-0.4, -0.2) is 5.78 Å². The minimum Gasteiger partial charge on any atom is -0.295 e. The van der Waals surface area contributed by atoms with Gasteiger partial charge >= 0.3 is 0 Å². The third-order valence-electron chi connectivity index (χ3n) is 3.94. The first kappa shape index (κ1) is 9.95. The van der Waals surface area contributed by atoms with E-state index in [4.69, 9.17) is 0 Å². The van der Waals surface area contributed by atoms with Gasteiger partial charge in [0.05, 0.1) is 0 Å². The van der Waals surface area contributed by atoms with Crippen molar-refractivity contribution >= 4 is 5.78 Å². The molecular formula is C13H20O. The Kier molecular flexibility index (Phi) is 2.09. The van der Waals surface area contributed by atoms with Crippen molar-refractivity contribution < 1.29 is 4.79 Å². The van der Waals surface area contributed by atoms with Crippen LogP contribution in [0.3, 0.4) is 0 Å². The second kappa shape index (κ2) is 2.95. The number of Topliss-reactive ketones (excluding diaryl/α,β-unsaturated/α-hetero) is 1. The SMILES string of the molecule is CC1(C)C=C2C(=O)CCC[C@@]2(C)CC1. The van der Waals surface area contributed by atoms with Crippen LogP contribution in [0.5, 0.6) is 0 Å². The second-order valence-corrected chi connectivity index (χ2v) is 5.88. The number of hydrogen-bond acceptors (Lipinski definition) is 1. The van der Waals surface area contributed by atoms with Gasteiger partial charge in [-0.25, -0.2) is 0 Å². The van der Waals surface area contributed by atoms with E-state index < -0.39 is 0 Å². The molecule has 0 aromatic rings. The zero-order chi connectivity index (χ0) is 10.4. The summed E-state index contributed by atoms with van der Waals surface area (Å²) in [5.41, 5.74) is 1.59. The predicted octanol–water partition coefficient (Wildman–Crippen LogP) is 3.49. The Morgan fingerprint density at radius 1 is 1.14 bits per heavy atom. The van der Waals surface area contributed by atoms with E-state index in [0.29, 0.717) is 5.78 Å². The second-order valence-electron chi connectivity index (χ2n) is 5.88. The summed E-state index contributed by atoms with van der Waals surface area (Å²) < 4.78 is 0. The van der Waals surface area contributed by atoms with Gasteiger partial charge in [-0.3, -0.25) is 4.79 Å². The molecule has 0 bridgehead atoms. The van der Waals surface area contributed by atoms with Crippen LogP contribution >= 0.6 is 0 Å². The molecule has 0 spiro atoms. The van der Waals surface area contributed by atoms with Crippen LogP contribution < -0.4 is 0 Å². The Morgan fingerprint density at radius 3 is 2.57 bits per heavy atom. The van der Waals surface area contributed by atoms with Gasteiger partial charge in [0, 0.05) is 6.42 Å². The third kappa shape index (κ3) is 1.53. The first-order valence-electron chi connectivity index (χ1n) is 5.70. The Morgan fingerprint density at radius 2 is 1.86 bits per heavy atom. The number of allylic oxidation sites excluding steroid dienone is 2. The van der Waals surface area contributed by atoms with Gasteiger partial charge in [0.1, 0.15) is 0 Å². The monoisotopic (exact) mass is 192 g/mol. The van der Waals surface area contributed by atoms with Gasteiger partial charge in [-0.2, -0.15) is 0 Å². The fourth-order valence-corrected chi connectivity index (χ4v) is 2.82. The molecule has 1 saturated carbocycles. The largest absolute Gasteiger partial charge is 0.295 e. The molecule has 1 heteroatoms. The Labute approximate surface area is 86.6 Å². The lowest BCUT2D eigenvalue weighted by molar-refractivity contribution is -0.118. The Hall–Kier alpha value is -0.590. The highest BCUT2D eigenvalue weighted by Gasteiger charge is 2.41. The molecule has 2 rings (SSSR count). The minimum absolute atomic E-state index is 0.213. The van der Waals surface area contributed by atoms with Gasteiger partial charge in [-0.15, -0.1) is 0 Å². The van der Waals surface area contributed by atoms with E-state index in [9.17, 15) is 4.79 Å². The molecule has 0 amide bonds. The van der Waals surface area contributed by atoms with Crippen LogP contribution in [0.1, 0.15) is 52.9 Å². The lowest BCUT2D eigenvalue weighted by atomic mass is 9.61. The van der Waals surface area contributed by atoms with E-state index in [0.717, 1.165) is 18.4 Å². The van der Waals surface area contributed by atoms with Gasteiger partial charge in [0.15, 0.2) is 5.78 Å². The predicted molar refractivity (Wildman–Crippen MR) is 58.1 cm³/mol. The summed E-state index contributed by atoms with van der Waals surface area (Å²) in [7, 11) is 0. The van der Waals surface area contributed by atoms with E-state index in [1.54, 1.807) is 0 Å². The molecule has 1 atom stereocenters. The fourth-order valence-electron chi connectivity index (χ4n) is 2.82. The van der Waals surface area contributed by atoms with Crippen molar-refractivity contribution in [2.45, 2.75) is 52.9 Å². The molecule has 1 nitrogen and oxygen atoms in total. The third-order valence-corrected chi connectivity index (χ3v) is 3.94. The number of rotatable bonds is 0. The molecule has 0 aromatic carbocycles. The number of carbonyl (C=O) groups excluding carboxylic acids is 1. The van der Waals surface area contributed by atoms with Crippen molar-refractivity contribution in [3.8, 4) is 0 Å². The lowest BCUT2D eigenvalue weighted by Crippen LogP contribution is -2.35. The standard InChI is InChI=1S/C13H20O/c1-12(2)7-8-13(3)6-4-5-11(14)10(13)9-12/h9H,4-8H2,1-3H3/t13-/m0/s1. The van der Waals surface area contributed by atoms with Gasteiger partial charge < -0.3 is 0 Å². The van der Waals surface area contributed by atoms with Gasteiger partial charge in [-0.05, 0) is 42.1 Å². The van der Waals surface area contributed by atoms with Gasteiger partial charge in [0.2, 0.25) is 0 Å². The molecule has 1 fully saturated rings. The van der Waals surface area contributed by atoms with Gasteiger partial charge in [0.25, 0.3) is 0 Å². The Bertz CT molecular complexity index is 298. The highest BCUT2D eigenvalue weighted by molar-refractivity contribution is 5.97. The summed E-state index contributed by atoms with van der Waals surface area (Å²) in [6.07, 6.45) is 7.74. The summed E-state index contributed by atoms with van der Waals surface area (Å²) in [5.74, 6) is 0.409. The van der Waals surface area contributed by atoms with Crippen molar-refractivity contribution in [1.29, 1.82) is 0 Å². The summed E-state index contributed by atoms with van der Waals surface area (Å²) in [5, 5.41) is 0. The molecule has 0 N–H and O–H groups in total. The molecule has 2 aliphatic rings. The zero-order valence-electron chi connectivity index (χ0n) is 9.52. The van der Waals surface area contributed by atoms with Crippen molar-refractivity contribution in [3.05, 3.63) is 11.6 Å². The average molecular weight is 192 g/mol. The van der Waals surface area contributed by atoms with Crippen LogP contribution in [0.4, 0.5) is 0 Å². The van der Waals surface area contributed by atoms with Crippen molar-refractivity contribution in [2.75, 3.05) is 0 Å². The number of ketones is 1. The first-order chi connectivity index (χ1) is 6.43. The molecule has 0 unspecified atom stereocenters. The fraction of sp³-hybridized carbons (Fsp3) is 0.769. The maximum atomic E-state index is 11.9. The van der Waals surface area contributed by atoms with Crippen molar-refractivity contribution in [2.24, 2.45) is 10.8 Å². The molecule has 14 heavy (non-hydrogen) atoms. The summed E-state index contributed by atoms with van der Waals surface area (Å²) in [4.78, 5) is 11.9. The van der Waals surface area contributed by atoms with E-state index in [2.05, 4.69) is 26.8 Å². The van der Waals surface area contributed by atoms with Crippen LogP contribution in [-0.2, 0) is 4.79 Å². The normalized spacial score (nSPS) is 36.2. The van der Waals surface area contributed by atoms with Gasteiger partial charge in [-0.1, -0.05) is 26.8 Å². The van der Waals surface area contributed by atoms with Crippen LogP contribution in [0.15, 0.2) is 11.6 Å². The lowest BCUT2D eigenvalue weighted by Gasteiger charge is -2.43. The van der Waals surface area contributed by atoms with Crippen LogP contribution in [0.25, 0.3) is 0 Å². The number of fused-ring (bicyclic) bond motifs is 1. The first-order valence-corrected chi connectivity index (χ1v) is 5.70.